The van der Waals surface area contributed by atoms with Crippen molar-refractivity contribution in [2.45, 2.75) is 6.92 Å². The third-order valence-electron chi connectivity index (χ3n) is 1.98. The van der Waals surface area contributed by atoms with E-state index in [9.17, 15) is 0 Å². The van der Waals surface area contributed by atoms with Gasteiger partial charge in [-0.05, 0) is 29.5 Å². The normalized spacial score (nSPS) is 17.1. The Hall–Kier alpha value is -0.430. The number of hydrogen-bond acceptors (Lipinski definition) is 4. The average Bonchev–Trinajstić information content (AvgIpc) is 2.18. The minimum Gasteiger partial charge on any atom is -0.377 e. The summed E-state index contributed by atoms with van der Waals surface area (Å²) in [4.78, 5) is 10.7. The van der Waals surface area contributed by atoms with Crippen LogP contribution in [-0.4, -0.2) is 29.7 Å². The van der Waals surface area contributed by atoms with Gasteiger partial charge in [-0.15, -0.1) is 0 Å². The molecule has 0 saturated carbocycles. The number of anilines is 1. The zero-order valence-electron chi connectivity index (χ0n) is 7.90. The molecule has 0 aromatic carbocycles. The van der Waals surface area contributed by atoms with E-state index in [4.69, 9.17) is 4.74 Å². The van der Waals surface area contributed by atoms with Gasteiger partial charge in [-0.3, -0.25) is 0 Å². The standard InChI is InChI=1S/C9H11IN3O/c1-7-11-8(10)6-9(12-7)13-2-4-14-5-3-13/h2,6H,3-5H2,1H3. The molecule has 0 spiro atoms. The Labute approximate surface area is 96.8 Å². The molecule has 1 saturated heterocycles. The number of ether oxygens (including phenoxy) is 1. The smallest absolute Gasteiger partial charge is 0.133 e. The van der Waals surface area contributed by atoms with Crippen molar-refractivity contribution in [2.75, 3.05) is 24.7 Å². The SMILES string of the molecule is Cc1nc(I)cc(N2[CH]COCC2)n1. The second-order valence-electron chi connectivity index (χ2n) is 3.05. The molecule has 1 aromatic rings. The van der Waals surface area contributed by atoms with Gasteiger partial charge in [-0.25, -0.2) is 9.97 Å². The Kier molecular flexibility index (Phi) is 3.17. The van der Waals surface area contributed by atoms with Crippen LogP contribution in [0.25, 0.3) is 0 Å². The van der Waals surface area contributed by atoms with Crippen LogP contribution < -0.4 is 4.90 Å². The summed E-state index contributed by atoms with van der Waals surface area (Å²) in [5, 5.41) is 0. The number of nitrogens with zero attached hydrogens (tertiary/aromatic N) is 3. The molecule has 0 N–H and O–H groups in total. The Morgan fingerprint density at radius 2 is 2.36 bits per heavy atom. The molecular formula is C9H11IN3O. The lowest BCUT2D eigenvalue weighted by Crippen LogP contribution is -2.32. The molecular weight excluding hydrogens is 293 g/mol. The maximum absolute atomic E-state index is 5.24. The van der Waals surface area contributed by atoms with E-state index in [1.54, 1.807) is 0 Å². The third-order valence-corrected chi connectivity index (χ3v) is 2.53. The maximum Gasteiger partial charge on any atom is 0.133 e. The number of aryl methyl sites for hydroxylation is 1. The molecule has 75 valence electrons. The summed E-state index contributed by atoms with van der Waals surface area (Å²) in [5.41, 5.74) is 0. The van der Waals surface area contributed by atoms with Crippen LogP contribution in [-0.2, 0) is 4.74 Å². The van der Waals surface area contributed by atoms with E-state index in [1.165, 1.54) is 0 Å². The molecule has 1 fully saturated rings. The molecule has 1 aromatic heterocycles. The first kappa shape index (κ1) is 10.1. The third kappa shape index (κ3) is 2.33. The molecule has 0 bridgehead atoms. The van der Waals surface area contributed by atoms with Crippen molar-refractivity contribution in [1.29, 1.82) is 0 Å². The monoisotopic (exact) mass is 304 g/mol. The lowest BCUT2D eigenvalue weighted by Gasteiger charge is -2.27. The zero-order valence-corrected chi connectivity index (χ0v) is 10.1. The summed E-state index contributed by atoms with van der Waals surface area (Å²) in [6.07, 6.45) is 0. The van der Waals surface area contributed by atoms with Crippen molar-refractivity contribution in [3.8, 4) is 0 Å². The Balaban J connectivity index is 2.21. The van der Waals surface area contributed by atoms with Crippen LogP contribution in [0.2, 0.25) is 0 Å². The van der Waals surface area contributed by atoms with Gasteiger partial charge in [0.1, 0.15) is 15.3 Å². The van der Waals surface area contributed by atoms with Crippen LogP contribution in [0.1, 0.15) is 5.82 Å². The summed E-state index contributed by atoms with van der Waals surface area (Å²) in [6, 6.07) is 1.98. The van der Waals surface area contributed by atoms with E-state index in [1.807, 2.05) is 19.5 Å². The zero-order chi connectivity index (χ0) is 9.97. The van der Waals surface area contributed by atoms with Gasteiger partial charge in [0.05, 0.1) is 19.8 Å². The average molecular weight is 304 g/mol. The molecule has 1 radical (unpaired) electrons. The number of halogens is 1. The number of morpholine rings is 1. The largest absolute Gasteiger partial charge is 0.377 e. The summed E-state index contributed by atoms with van der Waals surface area (Å²) < 4.78 is 6.22. The van der Waals surface area contributed by atoms with E-state index in [0.717, 1.165) is 28.5 Å². The summed E-state index contributed by atoms with van der Waals surface area (Å²) in [5.74, 6) is 1.77. The van der Waals surface area contributed by atoms with Crippen molar-refractivity contribution < 1.29 is 4.74 Å². The fourth-order valence-corrected chi connectivity index (χ4v) is 1.98. The van der Waals surface area contributed by atoms with Gasteiger partial charge in [0, 0.05) is 12.6 Å². The van der Waals surface area contributed by atoms with Crippen molar-refractivity contribution in [3.05, 3.63) is 22.1 Å². The van der Waals surface area contributed by atoms with Gasteiger partial charge < -0.3 is 9.64 Å². The predicted molar refractivity (Wildman–Crippen MR) is 62.0 cm³/mol. The first-order chi connectivity index (χ1) is 6.75. The molecule has 1 aliphatic heterocycles. The highest BCUT2D eigenvalue weighted by atomic mass is 127. The van der Waals surface area contributed by atoms with E-state index < -0.39 is 0 Å². The van der Waals surface area contributed by atoms with Gasteiger partial charge in [0.15, 0.2) is 0 Å². The Morgan fingerprint density at radius 3 is 3.00 bits per heavy atom. The minimum absolute atomic E-state index is 0.666. The molecule has 0 amide bonds. The van der Waals surface area contributed by atoms with Crippen LogP contribution >= 0.6 is 22.6 Å². The second-order valence-corrected chi connectivity index (χ2v) is 4.15. The maximum atomic E-state index is 5.24. The molecule has 2 rings (SSSR count). The molecule has 4 nitrogen and oxygen atoms in total. The molecule has 5 heteroatoms. The van der Waals surface area contributed by atoms with Crippen molar-refractivity contribution in [1.82, 2.24) is 9.97 Å². The fraction of sp³-hybridized carbons (Fsp3) is 0.444. The van der Waals surface area contributed by atoms with Crippen molar-refractivity contribution in [2.24, 2.45) is 0 Å². The number of rotatable bonds is 1. The Morgan fingerprint density at radius 1 is 1.50 bits per heavy atom. The van der Waals surface area contributed by atoms with E-state index >= 15 is 0 Å². The summed E-state index contributed by atoms with van der Waals surface area (Å²) in [6.45, 7) is 6.22. The molecule has 0 atom stereocenters. The lowest BCUT2D eigenvalue weighted by atomic mass is 10.4. The highest BCUT2D eigenvalue weighted by Crippen LogP contribution is 2.16. The second kappa shape index (κ2) is 4.39. The Bertz CT molecular complexity index is 306. The predicted octanol–water partition coefficient (Wildman–Crippen LogP) is 1.39. The number of hydrogen-bond donors (Lipinski definition) is 0. The van der Waals surface area contributed by atoms with Crippen molar-refractivity contribution >= 4 is 28.4 Å². The summed E-state index contributed by atoms with van der Waals surface area (Å²) in [7, 11) is 0. The molecule has 0 aliphatic carbocycles. The lowest BCUT2D eigenvalue weighted by molar-refractivity contribution is 0.139. The van der Waals surface area contributed by atoms with Crippen molar-refractivity contribution in [3.63, 3.8) is 0 Å². The first-order valence-corrected chi connectivity index (χ1v) is 5.52. The highest BCUT2D eigenvalue weighted by Gasteiger charge is 2.13. The van der Waals surface area contributed by atoms with Gasteiger partial charge >= 0.3 is 0 Å². The molecule has 0 unspecified atom stereocenters. The van der Waals surface area contributed by atoms with E-state index in [2.05, 4.69) is 37.5 Å². The van der Waals surface area contributed by atoms with Gasteiger partial charge in [-0.2, -0.15) is 0 Å². The van der Waals surface area contributed by atoms with E-state index in [0.29, 0.717) is 6.61 Å². The van der Waals surface area contributed by atoms with Gasteiger partial charge in [0.2, 0.25) is 0 Å². The highest BCUT2D eigenvalue weighted by molar-refractivity contribution is 14.1. The fourth-order valence-electron chi connectivity index (χ4n) is 1.35. The summed E-state index contributed by atoms with van der Waals surface area (Å²) >= 11 is 2.20. The van der Waals surface area contributed by atoms with Crippen LogP contribution in [0.5, 0.6) is 0 Å². The molecule has 14 heavy (non-hydrogen) atoms. The minimum atomic E-state index is 0.666. The van der Waals surface area contributed by atoms with E-state index in [-0.39, 0.29) is 0 Å². The van der Waals surface area contributed by atoms with Crippen LogP contribution in [0.3, 0.4) is 0 Å². The van der Waals surface area contributed by atoms with Gasteiger partial charge in [-0.1, -0.05) is 0 Å². The van der Waals surface area contributed by atoms with Gasteiger partial charge in [0.25, 0.3) is 0 Å². The topological polar surface area (TPSA) is 38.2 Å². The number of aromatic nitrogens is 2. The quantitative estimate of drug-likeness (QED) is 0.580. The van der Waals surface area contributed by atoms with Crippen LogP contribution in [0.15, 0.2) is 6.07 Å². The van der Waals surface area contributed by atoms with Crippen LogP contribution in [0.4, 0.5) is 5.82 Å². The molecule has 1 aliphatic rings. The first-order valence-electron chi connectivity index (χ1n) is 4.44. The molecule has 2 heterocycles. The van der Waals surface area contributed by atoms with Crippen LogP contribution in [0, 0.1) is 17.2 Å².